The third-order valence-corrected chi connectivity index (χ3v) is 4.15. The fourth-order valence-electron chi connectivity index (χ4n) is 2.59. The topological polar surface area (TPSA) is 78.4 Å². The van der Waals surface area contributed by atoms with Gasteiger partial charge in [-0.15, -0.1) is 0 Å². The van der Waals surface area contributed by atoms with E-state index in [1.165, 1.54) is 0 Å². The lowest BCUT2D eigenvalue weighted by Crippen LogP contribution is -2.35. The molecule has 0 radical (unpaired) electrons. The molecule has 2 aromatic rings. The second-order valence-corrected chi connectivity index (χ2v) is 5.76. The predicted octanol–water partition coefficient (Wildman–Crippen LogP) is 2.56. The van der Waals surface area contributed by atoms with Gasteiger partial charge in [-0.3, -0.25) is 9.59 Å². The quantitative estimate of drug-likeness (QED) is 0.707. The Bertz CT molecular complexity index is 756. The van der Waals surface area contributed by atoms with Gasteiger partial charge >= 0.3 is 11.8 Å². The first-order valence-corrected chi connectivity index (χ1v) is 8.47. The highest BCUT2D eigenvalue weighted by Crippen LogP contribution is 2.19. The van der Waals surface area contributed by atoms with Crippen molar-refractivity contribution in [2.24, 2.45) is 0 Å². The van der Waals surface area contributed by atoms with Crippen molar-refractivity contribution < 1.29 is 14.7 Å². The number of nitrogens with one attached hydrogen (secondary N) is 2. The minimum atomic E-state index is -0.698. The van der Waals surface area contributed by atoms with Gasteiger partial charge < -0.3 is 15.7 Å². The fraction of sp³-hybridized carbons (Fsp3) is 0.300. The molecular weight excluding hydrogens is 316 g/mol. The van der Waals surface area contributed by atoms with Gasteiger partial charge in [0, 0.05) is 12.2 Å². The van der Waals surface area contributed by atoms with Crippen LogP contribution in [-0.4, -0.2) is 16.9 Å². The number of carbonyl (C=O) groups excluding carboxylic acids is 2. The summed E-state index contributed by atoms with van der Waals surface area (Å²) in [5.74, 6) is -1.39. The number of hydrogen-bond acceptors (Lipinski definition) is 3. The molecule has 0 unspecified atom stereocenters. The van der Waals surface area contributed by atoms with E-state index in [0.717, 1.165) is 35.1 Å². The van der Waals surface area contributed by atoms with Gasteiger partial charge in [-0.25, -0.2) is 0 Å². The maximum Gasteiger partial charge on any atom is 0.313 e. The van der Waals surface area contributed by atoms with Crippen molar-refractivity contribution in [3.8, 4) is 0 Å². The molecule has 2 aromatic carbocycles. The monoisotopic (exact) mass is 340 g/mol. The van der Waals surface area contributed by atoms with Gasteiger partial charge in [-0.2, -0.15) is 0 Å². The summed E-state index contributed by atoms with van der Waals surface area (Å²) in [6.45, 7) is 4.13. The first-order chi connectivity index (χ1) is 12.1. The Morgan fingerprint density at radius 2 is 1.64 bits per heavy atom. The van der Waals surface area contributed by atoms with Crippen LogP contribution in [0.1, 0.15) is 36.1 Å². The van der Waals surface area contributed by atoms with Gasteiger partial charge in [-0.05, 0) is 41.2 Å². The molecule has 0 atom stereocenters. The molecule has 0 aliphatic heterocycles. The average Bonchev–Trinajstić information content (AvgIpc) is 2.66. The number of carbonyl (C=O) groups is 2. The largest absolute Gasteiger partial charge is 0.392 e. The summed E-state index contributed by atoms with van der Waals surface area (Å²) in [7, 11) is 0. The Morgan fingerprint density at radius 3 is 2.28 bits per heavy atom. The number of anilines is 1. The number of rotatable bonds is 6. The third-order valence-electron chi connectivity index (χ3n) is 4.15. The zero-order valence-corrected chi connectivity index (χ0v) is 14.6. The van der Waals surface area contributed by atoms with Crippen molar-refractivity contribution in [1.82, 2.24) is 5.32 Å². The summed E-state index contributed by atoms with van der Waals surface area (Å²) >= 11 is 0. The van der Waals surface area contributed by atoms with E-state index in [1.807, 2.05) is 50.2 Å². The maximum atomic E-state index is 12.2. The van der Waals surface area contributed by atoms with E-state index < -0.39 is 11.8 Å². The zero-order chi connectivity index (χ0) is 18.2. The molecule has 0 heterocycles. The van der Waals surface area contributed by atoms with Crippen molar-refractivity contribution in [2.75, 3.05) is 5.32 Å². The van der Waals surface area contributed by atoms with Gasteiger partial charge in [0.2, 0.25) is 0 Å². The standard InChI is InChI=1S/C20H24N2O3/c1-3-14-9-10-15(4-2)18(11-14)22-20(25)19(24)21-12-16-7-5-6-8-17(16)13-23/h5-11,23H,3-4,12-13H2,1-2H3,(H,21,24)(H,22,25). The fourth-order valence-corrected chi connectivity index (χ4v) is 2.59. The number of aliphatic hydroxyl groups is 1. The van der Waals surface area contributed by atoms with Gasteiger partial charge in [0.1, 0.15) is 0 Å². The minimum absolute atomic E-state index is 0.109. The zero-order valence-electron chi connectivity index (χ0n) is 14.6. The van der Waals surface area contributed by atoms with Crippen LogP contribution in [-0.2, 0) is 35.6 Å². The first-order valence-electron chi connectivity index (χ1n) is 8.47. The van der Waals surface area contributed by atoms with Gasteiger partial charge in [-0.1, -0.05) is 50.2 Å². The normalized spacial score (nSPS) is 10.4. The minimum Gasteiger partial charge on any atom is -0.392 e. The van der Waals surface area contributed by atoms with Gasteiger partial charge in [0.05, 0.1) is 6.61 Å². The number of amides is 2. The lowest BCUT2D eigenvalue weighted by molar-refractivity contribution is -0.136. The molecule has 25 heavy (non-hydrogen) atoms. The molecular formula is C20H24N2O3. The Labute approximate surface area is 148 Å². The van der Waals surface area contributed by atoms with E-state index >= 15 is 0 Å². The lowest BCUT2D eigenvalue weighted by atomic mass is 10.1. The van der Waals surface area contributed by atoms with E-state index in [-0.39, 0.29) is 13.2 Å². The van der Waals surface area contributed by atoms with E-state index in [4.69, 9.17) is 0 Å². The summed E-state index contributed by atoms with van der Waals surface area (Å²) in [4.78, 5) is 24.3. The van der Waals surface area contributed by atoms with Gasteiger partial charge in [0.15, 0.2) is 0 Å². The van der Waals surface area contributed by atoms with E-state index in [2.05, 4.69) is 10.6 Å². The summed E-state index contributed by atoms with van der Waals surface area (Å²) < 4.78 is 0. The molecule has 0 saturated heterocycles. The molecule has 0 aliphatic rings. The smallest absolute Gasteiger partial charge is 0.313 e. The van der Waals surface area contributed by atoms with Crippen molar-refractivity contribution in [3.05, 3.63) is 64.7 Å². The number of benzene rings is 2. The van der Waals surface area contributed by atoms with Crippen LogP contribution in [0.3, 0.4) is 0 Å². The molecule has 0 aromatic heterocycles. The first kappa shape index (κ1) is 18.7. The molecule has 132 valence electrons. The number of hydrogen-bond donors (Lipinski definition) is 3. The molecule has 2 rings (SSSR count). The van der Waals surface area contributed by atoms with E-state index in [0.29, 0.717) is 5.69 Å². The highest BCUT2D eigenvalue weighted by atomic mass is 16.3. The molecule has 5 nitrogen and oxygen atoms in total. The Hall–Kier alpha value is -2.66. The van der Waals surface area contributed by atoms with Crippen LogP contribution in [0.4, 0.5) is 5.69 Å². The molecule has 0 bridgehead atoms. The highest BCUT2D eigenvalue weighted by molar-refractivity contribution is 6.39. The maximum absolute atomic E-state index is 12.2. The van der Waals surface area contributed by atoms with Crippen LogP contribution >= 0.6 is 0 Å². The molecule has 0 saturated carbocycles. The second-order valence-electron chi connectivity index (χ2n) is 5.76. The second kappa shape index (κ2) is 8.99. The van der Waals surface area contributed by atoms with Crippen LogP contribution in [0, 0.1) is 0 Å². The summed E-state index contributed by atoms with van der Waals surface area (Å²) in [6.07, 6.45) is 1.63. The number of aryl methyl sites for hydroxylation is 2. The summed E-state index contributed by atoms with van der Waals surface area (Å²) in [5.41, 5.74) is 4.28. The molecule has 0 spiro atoms. The van der Waals surface area contributed by atoms with E-state index in [1.54, 1.807) is 6.07 Å². The lowest BCUT2D eigenvalue weighted by Gasteiger charge is -2.12. The number of aliphatic hydroxyl groups excluding tert-OH is 1. The van der Waals surface area contributed by atoms with Crippen molar-refractivity contribution in [2.45, 2.75) is 39.8 Å². The van der Waals surface area contributed by atoms with Crippen molar-refractivity contribution in [1.29, 1.82) is 0 Å². The molecule has 0 aliphatic carbocycles. The van der Waals surface area contributed by atoms with Crippen LogP contribution in [0.2, 0.25) is 0 Å². The highest BCUT2D eigenvalue weighted by Gasteiger charge is 2.15. The van der Waals surface area contributed by atoms with Crippen LogP contribution in [0.25, 0.3) is 0 Å². The van der Waals surface area contributed by atoms with Gasteiger partial charge in [0.25, 0.3) is 0 Å². The third kappa shape index (κ3) is 4.90. The SMILES string of the molecule is CCc1ccc(CC)c(NC(=O)C(=O)NCc2ccccc2CO)c1. The van der Waals surface area contributed by atoms with Crippen molar-refractivity contribution in [3.63, 3.8) is 0 Å². The predicted molar refractivity (Wildman–Crippen MR) is 98.0 cm³/mol. The van der Waals surface area contributed by atoms with E-state index in [9.17, 15) is 14.7 Å². The Kier molecular flexibility index (Phi) is 6.71. The molecule has 5 heteroatoms. The molecule has 3 N–H and O–H groups in total. The summed E-state index contributed by atoms with van der Waals surface area (Å²) in [5, 5.41) is 14.6. The van der Waals surface area contributed by atoms with Crippen molar-refractivity contribution >= 4 is 17.5 Å². The van der Waals surface area contributed by atoms with Crippen LogP contribution in [0.5, 0.6) is 0 Å². The van der Waals surface area contributed by atoms with Crippen LogP contribution in [0.15, 0.2) is 42.5 Å². The Balaban J connectivity index is 2.02. The summed E-state index contributed by atoms with van der Waals surface area (Å²) in [6, 6.07) is 13.1. The Morgan fingerprint density at radius 1 is 0.920 bits per heavy atom. The average molecular weight is 340 g/mol. The van der Waals surface area contributed by atoms with Crippen LogP contribution < -0.4 is 10.6 Å². The molecule has 2 amide bonds. The molecule has 0 fully saturated rings.